The smallest absolute Gasteiger partial charge is 0.0692 e. The zero-order valence-electron chi connectivity index (χ0n) is 6.03. The van der Waals surface area contributed by atoms with Gasteiger partial charge in [0.2, 0.25) is 0 Å². The lowest BCUT2D eigenvalue weighted by molar-refractivity contribution is 0.582. The summed E-state index contributed by atoms with van der Waals surface area (Å²) in [6, 6.07) is 0. The molecule has 56 valence electrons. The number of thioether (sulfide) groups is 1. The Labute approximate surface area is 64.8 Å². The molecule has 0 aliphatic heterocycles. The van der Waals surface area contributed by atoms with Crippen LogP contribution < -0.4 is 0 Å². The Kier molecular flexibility index (Phi) is 3.29. The standard InChI is InChI=1S/C6H11N3S/c1-10-6-2-4-9-5-3-7-8-9/h3,5H,2,4,6H2,1H3. The largest absolute Gasteiger partial charge is 0.253 e. The molecule has 0 radical (unpaired) electrons. The lowest BCUT2D eigenvalue weighted by atomic mass is 10.5. The number of rotatable bonds is 4. The maximum absolute atomic E-state index is 3.85. The van der Waals surface area contributed by atoms with Crippen molar-refractivity contribution in [3.63, 3.8) is 0 Å². The first kappa shape index (κ1) is 7.60. The monoisotopic (exact) mass is 157 g/mol. The van der Waals surface area contributed by atoms with Gasteiger partial charge < -0.3 is 0 Å². The van der Waals surface area contributed by atoms with E-state index in [2.05, 4.69) is 16.6 Å². The highest BCUT2D eigenvalue weighted by Crippen LogP contribution is 1.96. The predicted molar refractivity (Wildman–Crippen MR) is 43.0 cm³/mol. The fourth-order valence-electron chi connectivity index (χ4n) is 0.723. The lowest BCUT2D eigenvalue weighted by Gasteiger charge is -1.96. The summed E-state index contributed by atoms with van der Waals surface area (Å²) < 4.78 is 1.86. The van der Waals surface area contributed by atoms with Crippen LogP contribution >= 0.6 is 11.8 Å². The molecule has 0 aliphatic carbocycles. The van der Waals surface area contributed by atoms with Gasteiger partial charge >= 0.3 is 0 Å². The minimum Gasteiger partial charge on any atom is -0.253 e. The molecule has 0 aliphatic rings. The Morgan fingerprint density at radius 3 is 3.10 bits per heavy atom. The van der Waals surface area contributed by atoms with Crippen LogP contribution in [0.3, 0.4) is 0 Å². The molecule has 0 fully saturated rings. The van der Waals surface area contributed by atoms with Gasteiger partial charge in [0, 0.05) is 12.7 Å². The zero-order chi connectivity index (χ0) is 7.23. The van der Waals surface area contributed by atoms with E-state index >= 15 is 0 Å². The normalized spacial score (nSPS) is 10.1. The number of hydrogen-bond acceptors (Lipinski definition) is 3. The average molecular weight is 157 g/mol. The second-order valence-corrected chi connectivity index (χ2v) is 3.00. The SMILES string of the molecule is CSCCCn1ccnn1. The summed E-state index contributed by atoms with van der Waals surface area (Å²) in [5, 5.41) is 7.55. The fourth-order valence-corrected chi connectivity index (χ4v) is 1.14. The molecule has 4 heteroatoms. The minimum atomic E-state index is 0.987. The first-order chi connectivity index (χ1) is 4.93. The van der Waals surface area contributed by atoms with Gasteiger partial charge in [-0.25, -0.2) is 0 Å². The lowest BCUT2D eigenvalue weighted by Crippen LogP contribution is -1.99. The molecule has 0 amide bonds. The summed E-state index contributed by atoms with van der Waals surface area (Å²) in [6.45, 7) is 0.987. The van der Waals surface area contributed by atoms with Crippen molar-refractivity contribution in [2.75, 3.05) is 12.0 Å². The van der Waals surface area contributed by atoms with Crippen LogP contribution in [0.15, 0.2) is 12.4 Å². The highest BCUT2D eigenvalue weighted by molar-refractivity contribution is 7.98. The minimum absolute atomic E-state index is 0.987. The van der Waals surface area contributed by atoms with Gasteiger partial charge in [-0.05, 0) is 18.4 Å². The van der Waals surface area contributed by atoms with Crippen molar-refractivity contribution in [3.05, 3.63) is 12.4 Å². The van der Waals surface area contributed by atoms with E-state index in [1.807, 2.05) is 22.6 Å². The van der Waals surface area contributed by atoms with Crippen LogP contribution in [0.1, 0.15) is 6.42 Å². The number of nitrogens with zero attached hydrogens (tertiary/aromatic N) is 3. The third kappa shape index (κ3) is 2.39. The Morgan fingerprint density at radius 1 is 1.60 bits per heavy atom. The summed E-state index contributed by atoms with van der Waals surface area (Å²) >= 11 is 1.86. The molecule has 0 aromatic carbocycles. The van der Waals surface area contributed by atoms with E-state index in [0.717, 1.165) is 6.54 Å². The fraction of sp³-hybridized carbons (Fsp3) is 0.667. The summed E-state index contributed by atoms with van der Waals surface area (Å²) in [5.74, 6) is 1.19. The van der Waals surface area contributed by atoms with Crippen LogP contribution in [0.5, 0.6) is 0 Å². The Bertz CT molecular complexity index is 162. The van der Waals surface area contributed by atoms with Crippen LogP contribution in [0.2, 0.25) is 0 Å². The van der Waals surface area contributed by atoms with Crippen molar-refractivity contribution in [1.82, 2.24) is 15.0 Å². The molecule has 0 spiro atoms. The van der Waals surface area contributed by atoms with E-state index in [0.29, 0.717) is 0 Å². The van der Waals surface area contributed by atoms with Crippen LogP contribution in [0.25, 0.3) is 0 Å². The van der Waals surface area contributed by atoms with Crippen molar-refractivity contribution in [1.29, 1.82) is 0 Å². The summed E-state index contributed by atoms with van der Waals surface area (Å²) in [5.41, 5.74) is 0. The number of aromatic nitrogens is 3. The molecule has 0 bridgehead atoms. The highest BCUT2D eigenvalue weighted by Gasteiger charge is 1.89. The van der Waals surface area contributed by atoms with Crippen LogP contribution in [-0.2, 0) is 6.54 Å². The van der Waals surface area contributed by atoms with Crippen molar-refractivity contribution in [2.45, 2.75) is 13.0 Å². The first-order valence-electron chi connectivity index (χ1n) is 3.26. The molecule has 1 rings (SSSR count). The Balaban J connectivity index is 2.15. The topological polar surface area (TPSA) is 30.7 Å². The van der Waals surface area contributed by atoms with Gasteiger partial charge in [0.05, 0.1) is 6.20 Å². The molecule has 3 nitrogen and oxygen atoms in total. The maximum Gasteiger partial charge on any atom is 0.0692 e. The van der Waals surface area contributed by atoms with Gasteiger partial charge in [0.25, 0.3) is 0 Å². The summed E-state index contributed by atoms with van der Waals surface area (Å²) in [4.78, 5) is 0. The Morgan fingerprint density at radius 2 is 2.50 bits per heavy atom. The molecular formula is C6H11N3S. The molecule has 1 heterocycles. The molecule has 0 saturated carbocycles. The molecule has 10 heavy (non-hydrogen) atoms. The van der Waals surface area contributed by atoms with Gasteiger partial charge in [-0.2, -0.15) is 11.8 Å². The second-order valence-electron chi connectivity index (χ2n) is 2.01. The summed E-state index contributed by atoms with van der Waals surface area (Å²) in [7, 11) is 0. The Hall–Kier alpha value is -0.510. The van der Waals surface area contributed by atoms with Gasteiger partial charge in [0.15, 0.2) is 0 Å². The van der Waals surface area contributed by atoms with Crippen LogP contribution in [0, 0.1) is 0 Å². The van der Waals surface area contributed by atoms with Gasteiger partial charge in [-0.1, -0.05) is 5.21 Å². The van der Waals surface area contributed by atoms with Crippen LogP contribution in [-0.4, -0.2) is 27.0 Å². The molecule has 1 aromatic heterocycles. The molecular weight excluding hydrogens is 146 g/mol. The predicted octanol–water partition coefficient (Wildman–Crippen LogP) is 1.03. The third-order valence-corrected chi connectivity index (χ3v) is 1.90. The summed E-state index contributed by atoms with van der Waals surface area (Å²) in [6.07, 6.45) is 6.88. The average Bonchev–Trinajstić information content (AvgIpc) is 2.41. The van der Waals surface area contributed by atoms with E-state index in [1.54, 1.807) is 6.20 Å². The van der Waals surface area contributed by atoms with Gasteiger partial charge in [-0.3, -0.25) is 4.68 Å². The molecule has 0 saturated heterocycles. The van der Waals surface area contributed by atoms with Gasteiger partial charge in [-0.15, -0.1) is 5.10 Å². The van der Waals surface area contributed by atoms with E-state index < -0.39 is 0 Å². The van der Waals surface area contributed by atoms with Crippen molar-refractivity contribution >= 4 is 11.8 Å². The van der Waals surface area contributed by atoms with Crippen molar-refractivity contribution in [2.24, 2.45) is 0 Å². The molecule has 0 unspecified atom stereocenters. The first-order valence-corrected chi connectivity index (χ1v) is 4.66. The number of aryl methyl sites for hydroxylation is 1. The highest BCUT2D eigenvalue weighted by atomic mass is 32.2. The molecule has 1 aromatic rings. The quantitative estimate of drug-likeness (QED) is 0.612. The number of hydrogen-bond donors (Lipinski definition) is 0. The maximum atomic E-state index is 3.85. The van der Waals surface area contributed by atoms with Gasteiger partial charge in [0.1, 0.15) is 0 Å². The van der Waals surface area contributed by atoms with Crippen molar-refractivity contribution < 1.29 is 0 Å². The van der Waals surface area contributed by atoms with Crippen LogP contribution in [0.4, 0.5) is 0 Å². The van der Waals surface area contributed by atoms with E-state index in [4.69, 9.17) is 0 Å². The second kappa shape index (κ2) is 4.33. The zero-order valence-corrected chi connectivity index (χ0v) is 6.84. The van der Waals surface area contributed by atoms with Crippen molar-refractivity contribution in [3.8, 4) is 0 Å². The molecule has 0 N–H and O–H groups in total. The third-order valence-electron chi connectivity index (χ3n) is 1.21. The van der Waals surface area contributed by atoms with E-state index in [9.17, 15) is 0 Å². The van der Waals surface area contributed by atoms with E-state index in [1.165, 1.54) is 12.2 Å². The molecule has 0 atom stereocenters. The van der Waals surface area contributed by atoms with E-state index in [-0.39, 0.29) is 0 Å².